The summed E-state index contributed by atoms with van der Waals surface area (Å²) in [5, 5.41) is 9.11. The molecule has 3 N–H and O–H groups in total. The van der Waals surface area contributed by atoms with E-state index in [1.165, 1.54) is 11.3 Å². The van der Waals surface area contributed by atoms with Crippen molar-refractivity contribution < 1.29 is 0 Å². The predicted octanol–water partition coefficient (Wildman–Crippen LogP) is 2.98. The maximum absolute atomic E-state index is 7.43. The number of benzene rings is 1. The van der Waals surface area contributed by atoms with Crippen molar-refractivity contribution in [3.63, 3.8) is 0 Å². The van der Waals surface area contributed by atoms with Gasteiger partial charge in [0.1, 0.15) is 5.84 Å². The molecule has 0 bridgehead atoms. The third-order valence-corrected chi connectivity index (χ3v) is 3.76. The number of hydrogen-bond donors (Lipinski definition) is 2. The maximum Gasteiger partial charge on any atom is 0.135 e. The Morgan fingerprint density at radius 3 is 2.88 bits per heavy atom. The molecule has 3 nitrogen and oxygen atoms in total. The standard InChI is InChI=1S/C12H12ClN3S/c1-7-11(12(14)15)17-10(16-7)6-8-3-2-4-9(13)5-8/h2-5H,6H2,1H3,(H3,14,15). The highest BCUT2D eigenvalue weighted by atomic mass is 35.5. The van der Waals surface area contributed by atoms with Crippen molar-refractivity contribution in [3.05, 3.63) is 50.4 Å². The average molecular weight is 266 g/mol. The molecule has 1 aromatic carbocycles. The monoisotopic (exact) mass is 265 g/mol. The molecule has 0 amide bonds. The molecule has 0 atom stereocenters. The second-order valence-corrected chi connectivity index (χ2v) is 5.26. The normalized spacial score (nSPS) is 10.5. The van der Waals surface area contributed by atoms with Crippen LogP contribution >= 0.6 is 22.9 Å². The summed E-state index contributed by atoms with van der Waals surface area (Å²) >= 11 is 7.39. The van der Waals surface area contributed by atoms with Crippen LogP contribution in [0.3, 0.4) is 0 Å². The van der Waals surface area contributed by atoms with Gasteiger partial charge in [-0.1, -0.05) is 23.7 Å². The SMILES string of the molecule is Cc1nc(Cc2cccc(Cl)c2)sc1C(=N)N. The summed E-state index contributed by atoms with van der Waals surface area (Å²) in [7, 11) is 0. The van der Waals surface area contributed by atoms with Crippen LogP contribution in [0.25, 0.3) is 0 Å². The largest absolute Gasteiger partial charge is 0.383 e. The molecule has 1 heterocycles. The van der Waals surface area contributed by atoms with E-state index in [-0.39, 0.29) is 5.84 Å². The number of rotatable bonds is 3. The van der Waals surface area contributed by atoms with Crippen molar-refractivity contribution in [3.8, 4) is 0 Å². The van der Waals surface area contributed by atoms with E-state index >= 15 is 0 Å². The molecular weight excluding hydrogens is 254 g/mol. The minimum absolute atomic E-state index is 0.0809. The van der Waals surface area contributed by atoms with Crippen LogP contribution in [0.15, 0.2) is 24.3 Å². The van der Waals surface area contributed by atoms with Crippen LogP contribution in [0.2, 0.25) is 5.02 Å². The number of hydrogen-bond acceptors (Lipinski definition) is 3. The molecule has 0 spiro atoms. The van der Waals surface area contributed by atoms with Gasteiger partial charge in [0.15, 0.2) is 0 Å². The highest BCUT2D eigenvalue weighted by Gasteiger charge is 2.10. The van der Waals surface area contributed by atoms with Crippen LogP contribution in [-0.2, 0) is 6.42 Å². The molecule has 0 saturated carbocycles. The number of nitrogens with two attached hydrogens (primary N) is 1. The Hall–Kier alpha value is -1.39. The molecule has 1 aromatic heterocycles. The van der Waals surface area contributed by atoms with Gasteiger partial charge >= 0.3 is 0 Å². The Morgan fingerprint density at radius 1 is 1.53 bits per heavy atom. The van der Waals surface area contributed by atoms with Gasteiger partial charge in [0.05, 0.1) is 15.6 Å². The Kier molecular flexibility index (Phi) is 3.45. The number of thiazole rings is 1. The zero-order chi connectivity index (χ0) is 12.4. The van der Waals surface area contributed by atoms with Gasteiger partial charge in [0, 0.05) is 11.4 Å². The van der Waals surface area contributed by atoms with Gasteiger partial charge in [0.25, 0.3) is 0 Å². The highest BCUT2D eigenvalue weighted by molar-refractivity contribution is 7.13. The minimum atomic E-state index is 0.0809. The third-order valence-electron chi connectivity index (χ3n) is 2.33. The van der Waals surface area contributed by atoms with Crippen molar-refractivity contribution in [2.75, 3.05) is 0 Å². The van der Waals surface area contributed by atoms with Crippen molar-refractivity contribution in [2.45, 2.75) is 13.3 Å². The summed E-state index contributed by atoms with van der Waals surface area (Å²) in [6.07, 6.45) is 0.722. The van der Waals surface area contributed by atoms with E-state index in [4.69, 9.17) is 22.7 Å². The van der Waals surface area contributed by atoms with Crippen LogP contribution in [0.5, 0.6) is 0 Å². The molecule has 88 valence electrons. The number of aromatic nitrogens is 1. The van der Waals surface area contributed by atoms with Gasteiger partial charge in [0.2, 0.25) is 0 Å². The number of halogens is 1. The Bertz CT molecular complexity index is 563. The number of aryl methyl sites for hydroxylation is 1. The average Bonchev–Trinajstić information content (AvgIpc) is 2.59. The van der Waals surface area contributed by atoms with Crippen LogP contribution in [0.4, 0.5) is 0 Å². The zero-order valence-electron chi connectivity index (χ0n) is 9.33. The maximum atomic E-state index is 7.43. The quantitative estimate of drug-likeness (QED) is 0.662. The summed E-state index contributed by atoms with van der Waals surface area (Å²) in [5.41, 5.74) is 7.41. The first-order valence-electron chi connectivity index (χ1n) is 5.11. The fourth-order valence-corrected chi connectivity index (χ4v) is 2.77. The van der Waals surface area contributed by atoms with Crippen LogP contribution in [0.1, 0.15) is 21.1 Å². The van der Waals surface area contributed by atoms with Crippen LogP contribution < -0.4 is 5.73 Å². The zero-order valence-corrected chi connectivity index (χ0v) is 10.9. The molecule has 5 heteroatoms. The van der Waals surface area contributed by atoms with Gasteiger partial charge in [-0.3, -0.25) is 5.41 Å². The summed E-state index contributed by atoms with van der Waals surface area (Å²) in [6, 6.07) is 7.70. The fourth-order valence-electron chi connectivity index (χ4n) is 1.60. The first kappa shape index (κ1) is 12.1. The molecule has 0 unspecified atom stereocenters. The van der Waals surface area contributed by atoms with E-state index in [9.17, 15) is 0 Å². The van der Waals surface area contributed by atoms with Gasteiger partial charge in [-0.05, 0) is 24.6 Å². The first-order valence-corrected chi connectivity index (χ1v) is 6.31. The molecule has 0 fully saturated rings. The lowest BCUT2D eigenvalue weighted by Gasteiger charge is -1.98. The third kappa shape index (κ3) is 2.84. The van der Waals surface area contributed by atoms with Gasteiger partial charge in [-0.2, -0.15) is 0 Å². The summed E-state index contributed by atoms with van der Waals surface area (Å²) in [4.78, 5) is 5.16. The highest BCUT2D eigenvalue weighted by Crippen LogP contribution is 2.21. The fraction of sp³-hybridized carbons (Fsp3) is 0.167. The number of amidine groups is 1. The molecular formula is C12H12ClN3S. The van der Waals surface area contributed by atoms with E-state index < -0.39 is 0 Å². The molecule has 2 aromatic rings. The molecule has 2 rings (SSSR count). The van der Waals surface area contributed by atoms with E-state index in [2.05, 4.69) is 4.98 Å². The van der Waals surface area contributed by atoms with Crippen molar-refractivity contribution in [1.82, 2.24) is 4.98 Å². The Morgan fingerprint density at radius 2 is 2.29 bits per heavy atom. The van der Waals surface area contributed by atoms with Crippen molar-refractivity contribution >= 4 is 28.8 Å². The van der Waals surface area contributed by atoms with E-state index in [1.54, 1.807) is 0 Å². The minimum Gasteiger partial charge on any atom is -0.383 e. The molecule has 0 radical (unpaired) electrons. The second-order valence-electron chi connectivity index (χ2n) is 3.74. The van der Waals surface area contributed by atoms with Crippen molar-refractivity contribution in [1.29, 1.82) is 5.41 Å². The van der Waals surface area contributed by atoms with Gasteiger partial charge < -0.3 is 5.73 Å². The smallest absolute Gasteiger partial charge is 0.135 e. The molecule has 17 heavy (non-hydrogen) atoms. The van der Waals surface area contributed by atoms with Crippen molar-refractivity contribution in [2.24, 2.45) is 5.73 Å². The number of nitrogen functional groups attached to an aromatic ring is 1. The van der Waals surface area contributed by atoms with Crippen LogP contribution in [-0.4, -0.2) is 10.8 Å². The summed E-state index contributed by atoms with van der Waals surface area (Å²) in [6.45, 7) is 1.87. The summed E-state index contributed by atoms with van der Waals surface area (Å²) in [5.74, 6) is 0.0809. The molecule has 0 aliphatic heterocycles. The lowest BCUT2D eigenvalue weighted by molar-refractivity contribution is 1.10. The van der Waals surface area contributed by atoms with E-state index in [0.717, 1.165) is 32.6 Å². The number of nitrogens with zero attached hydrogens (tertiary/aromatic N) is 1. The topological polar surface area (TPSA) is 62.8 Å². The molecule has 0 aliphatic carbocycles. The first-order chi connectivity index (χ1) is 8.06. The van der Waals surface area contributed by atoms with Crippen LogP contribution in [0, 0.1) is 12.3 Å². The second kappa shape index (κ2) is 4.85. The predicted molar refractivity (Wildman–Crippen MR) is 72.1 cm³/mol. The lowest BCUT2D eigenvalue weighted by Crippen LogP contribution is -2.10. The Balaban J connectivity index is 2.25. The molecule has 0 aliphatic rings. The number of nitrogens with one attached hydrogen (secondary N) is 1. The van der Waals surface area contributed by atoms with E-state index in [1.807, 2.05) is 31.2 Å². The van der Waals surface area contributed by atoms with Gasteiger partial charge in [-0.15, -0.1) is 11.3 Å². The van der Waals surface area contributed by atoms with Gasteiger partial charge in [-0.25, -0.2) is 4.98 Å². The Labute approximate surface area is 109 Å². The van der Waals surface area contributed by atoms with E-state index in [0.29, 0.717) is 0 Å². The molecule has 0 saturated heterocycles. The lowest BCUT2D eigenvalue weighted by atomic mass is 10.2. The summed E-state index contributed by atoms with van der Waals surface area (Å²) < 4.78 is 0.